The van der Waals surface area contributed by atoms with Gasteiger partial charge in [-0.1, -0.05) is 0 Å². The zero-order valence-electron chi connectivity index (χ0n) is 6.21. The first kappa shape index (κ1) is 10.7. The molecule has 1 fully saturated rings. The maximum atomic E-state index is 12.1. The van der Waals surface area contributed by atoms with E-state index in [2.05, 4.69) is 4.18 Å². The van der Waals surface area contributed by atoms with Crippen molar-refractivity contribution >= 4 is 10.1 Å². The molecule has 0 heterocycles. The van der Waals surface area contributed by atoms with E-state index in [0.717, 1.165) is 0 Å². The minimum atomic E-state index is -5.55. The lowest BCUT2D eigenvalue weighted by Crippen LogP contribution is -2.38. The standard InChI is InChI=1S/C5H6F4O3S/c6-3-1-4(2-3)12-13(10,11)5(7,8)9/h3-4H,1-2H2. The van der Waals surface area contributed by atoms with Crippen LogP contribution in [0.15, 0.2) is 0 Å². The van der Waals surface area contributed by atoms with Gasteiger partial charge in [0.25, 0.3) is 0 Å². The molecule has 0 amide bonds. The second-order valence-electron chi connectivity index (χ2n) is 2.69. The zero-order valence-corrected chi connectivity index (χ0v) is 7.03. The van der Waals surface area contributed by atoms with Gasteiger partial charge in [0, 0.05) is 12.8 Å². The number of halogens is 4. The molecule has 0 aromatic heterocycles. The van der Waals surface area contributed by atoms with Crippen LogP contribution >= 0.6 is 0 Å². The molecule has 13 heavy (non-hydrogen) atoms. The first-order chi connectivity index (χ1) is 5.72. The molecule has 0 unspecified atom stereocenters. The average molecular weight is 222 g/mol. The van der Waals surface area contributed by atoms with Crippen molar-refractivity contribution in [2.75, 3.05) is 0 Å². The highest BCUT2D eigenvalue weighted by molar-refractivity contribution is 7.87. The maximum absolute atomic E-state index is 12.1. The smallest absolute Gasteiger partial charge is 0.260 e. The summed E-state index contributed by atoms with van der Waals surface area (Å²) >= 11 is 0. The Morgan fingerprint density at radius 2 is 1.69 bits per heavy atom. The molecule has 8 heteroatoms. The lowest BCUT2D eigenvalue weighted by Gasteiger charge is -2.28. The van der Waals surface area contributed by atoms with Crippen molar-refractivity contribution in [1.29, 1.82) is 0 Å². The van der Waals surface area contributed by atoms with Crippen molar-refractivity contribution in [2.45, 2.75) is 30.6 Å². The van der Waals surface area contributed by atoms with Crippen LogP contribution in [0.3, 0.4) is 0 Å². The summed E-state index contributed by atoms with van der Waals surface area (Å²) in [6.07, 6.45) is -3.01. The molecule has 1 saturated carbocycles. The molecule has 1 aliphatic carbocycles. The molecule has 0 saturated heterocycles. The van der Waals surface area contributed by atoms with Crippen LogP contribution in [0.5, 0.6) is 0 Å². The van der Waals surface area contributed by atoms with Crippen LogP contribution < -0.4 is 0 Å². The minimum Gasteiger partial charge on any atom is -0.260 e. The van der Waals surface area contributed by atoms with Crippen LogP contribution in [-0.4, -0.2) is 26.2 Å². The third-order valence-corrected chi connectivity index (χ3v) is 2.68. The monoisotopic (exact) mass is 222 g/mol. The minimum absolute atomic E-state index is 0.296. The fraction of sp³-hybridized carbons (Fsp3) is 1.00. The van der Waals surface area contributed by atoms with E-state index < -0.39 is 27.9 Å². The Morgan fingerprint density at radius 1 is 1.23 bits per heavy atom. The normalized spacial score (nSPS) is 29.8. The molecule has 3 nitrogen and oxygen atoms in total. The molecule has 0 aromatic carbocycles. The highest BCUT2D eigenvalue weighted by Gasteiger charge is 2.50. The van der Waals surface area contributed by atoms with E-state index in [9.17, 15) is 26.0 Å². The molecule has 0 spiro atoms. The van der Waals surface area contributed by atoms with Crippen LogP contribution in [0.25, 0.3) is 0 Å². The van der Waals surface area contributed by atoms with Crippen LogP contribution in [0.4, 0.5) is 17.6 Å². The molecule has 0 N–H and O–H groups in total. The third-order valence-electron chi connectivity index (χ3n) is 1.58. The number of hydrogen-bond donors (Lipinski definition) is 0. The Labute approximate surface area is 71.8 Å². The Bertz CT molecular complexity index is 277. The van der Waals surface area contributed by atoms with Crippen molar-refractivity contribution in [1.82, 2.24) is 0 Å². The summed E-state index contributed by atoms with van der Waals surface area (Å²) in [5.74, 6) is 0. The van der Waals surface area contributed by atoms with E-state index in [0.29, 0.717) is 0 Å². The van der Waals surface area contributed by atoms with Crippen molar-refractivity contribution in [3.63, 3.8) is 0 Å². The van der Waals surface area contributed by atoms with Crippen LogP contribution in [0, 0.1) is 0 Å². The van der Waals surface area contributed by atoms with Crippen molar-refractivity contribution in [3.8, 4) is 0 Å². The van der Waals surface area contributed by atoms with Gasteiger partial charge in [0.1, 0.15) is 6.17 Å². The first-order valence-corrected chi connectivity index (χ1v) is 4.77. The molecule has 0 radical (unpaired) electrons. The van der Waals surface area contributed by atoms with E-state index in [1.54, 1.807) is 0 Å². The van der Waals surface area contributed by atoms with Gasteiger partial charge in [-0.05, 0) is 0 Å². The van der Waals surface area contributed by atoms with Gasteiger partial charge in [-0.3, -0.25) is 4.18 Å². The molecule has 0 aromatic rings. The SMILES string of the molecule is O=S(=O)(OC1CC(F)C1)C(F)(F)F. The fourth-order valence-electron chi connectivity index (χ4n) is 0.814. The predicted octanol–water partition coefficient (Wildman–Crippen LogP) is 1.35. The first-order valence-electron chi connectivity index (χ1n) is 3.36. The van der Waals surface area contributed by atoms with E-state index in [4.69, 9.17) is 0 Å². The summed E-state index contributed by atoms with van der Waals surface area (Å²) < 4.78 is 71.3. The summed E-state index contributed by atoms with van der Waals surface area (Å²) in [7, 11) is -5.55. The predicted molar refractivity (Wildman–Crippen MR) is 34.0 cm³/mol. The maximum Gasteiger partial charge on any atom is 0.523 e. The highest BCUT2D eigenvalue weighted by Crippen LogP contribution is 2.32. The number of alkyl halides is 4. The van der Waals surface area contributed by atoms with Gasteiger partial charge in [-0.25, -0.2) is 4.39 Å². The van der Waals surface area contributed by atoms with Gasteiger partial charge in [0.15, 0.2) is 0 Å². The zero-order chi connectivity index (χ0) is 10.3. The van der Waals surface area contributed by atoms with Gasteiger partial charge in [0.2, 0.25) is 0 Å². The van der Waals surface area contributed by atoms with Gasteiger partial charge < -0.3 is 0 Å². The van der Waals surface area contributed by atoms with Gasteiger partial charge in [-0.15, -0.1) is 0 Å². The summed E-state index contributed by atoms with van der Waals surface area (Å²) in [5.41, 5.74) is -5.42. The Balaban J connectivity index is 2.54. The molecule has 1 aliphatic rings. The number of rotatable bonds is 2. The molecular weight excluding hydrogens is 216 g/mol. The topological polar surface area (TPSA) is 43.4 Å². The van der Waals surface area contributed by atoms with Crippen molar-refractivity contribution < 1.29 is 30.2 Å². The fourth-order valence-corrected chi connectivity index (χ4v) is 1.44. The molecule has 0 aliphatic heterocycles. The van der Waals surface area contributed by atoms with E-state index in [-0.39, 0.29) is 12.8 Å². The lowest BCUT2D eigenvalue weighted by atomic mass is 9.94. The summed E-state index contributed by atoms with van der Waals surface area (Å²) in [6, 6.07) is 0. The average Bonchev–Trinajstić information content (AvgIpc) is 1.80. The highest BCUT2D eigenvalue weighted by atomic mass is 32.2. The Morgan fingerprint density at radius 3 is 2.00 bits per heavy atom. The summed E-state index contributed by atoms with van der Waals surface area (Å²) in [4.78, 5) is 0. The van der Waals surface area contributed by atoms with Gasteiger partial charge in [-0.2, -0.15) is 21.6 Å². The second-order valence-corrected chi connectivity index (χ2v) is 4.25. The molecule has 78 valence electrons. The Kier molecular flexibility index (Phi) is 2.54. The molecule has 1 rings (SSSR count). The quantitative estimate of drug-likeness (QED) is 0.402. The van der Waals surface area contributed by atoms with E-state index >= 15 is 0 Å². The van der Waals surface area contributed by atoms with Gasteiger partial charge in [0.05, 0.1) is 6.10 Å². The largest absolute Gasteiger partial charge is 0.523 e. The van der Waals surface area contributed by atoms with Crippen LogP contribution in [-0.2, 0) is 14.3 Å². The van der Waals surface area contributed by atoms with E-state index in [1.165, 1.54) is 0 Å². The molecular formula is C5H6F4O3S. The Hall–Kier alpha value is -0.370. The molecule has 0 bridgehead atoms. The van der Waals surface area contributed by atoms with Crippen LogP contribution in [0.2, 0.25) is 0 Å². The number of hydrogen-bond acceptors (Lipinski definition) is 3. The summed E-state index contributed by atoms with van der Waals surface area (Å²) in [6.45, 7) is 0. The second kappa shape index (κ2) is 3.09. The summed E-state index contributed by atoms with van der Waals surface area (Å²) in [5, 5.41) is 0. The van der Waals surface area contributed by atoms with Crippen molar-refractivity contribution in [3.05, 3.63) is 0 Å². The van der Waals surface area contributed by atoms with Crippen molar-refractivity contribution in [2.24, 2.45) is 0 Å². The third kappa shape index (κ3) is 2.31. The molecule has 0 atom stereocenters. The lowest BCUT2D eigenvalue weighted by molar-refractivity contribution is -0.0644. The van der Waals surface area contributed by atoms with E-state index in [1.807, 2.05) is 0 Å². The van der Waals surface area contributed by atoms with Crippen LogP contribution in [0.1, 0.15) is 12.8 Å². The van der Waals surface area contributed by atoms with Gasteiger partial charge >= 0.3 is 15.6 Å².